The van der Waals surface area contributed by atoms with Crippen LogP contribution in [0, 0.1) is 63.4 Å². The van der Waals surface area contributed by atoms with Gasteiger partial charge < -0.3 is 25.7 Å². The third-order valence-corrected chi connectivity index (χ3v) is 19.1. The number of benzene rings is 4. The maximum absolute atomic E-state index is 14.5. The lowest BCUT2D eigenvalue weighted by atomic mass is 9.51. The van der Waals surface area contributed by atoms with Gasteiger partial charge in [-0.25, -0.2) is 17.2 Å². The highest BCUT2D eigenvalue weighted by Crippen LogP contribution is 2.63. The molecule has 2 saturated carbocycles. The van der Waals surface area contributed by atoms with Gasteiger partial charge >= 0.3 is 12.4 Å². The van der Waals surface area contributed by atoms with E-state index in [-0.39, 0.29) is 38.7 Å². The molecule has 4 N–H and O–H groups in total. The van der Waals surface area contributed by atoms with Crippen molar-refractivity contribution in [2.45, 2.75) is 107 Å². The molecule has 2 heterocycles. The Labute approximate surface area is 496 Å². The minimum Gasteiger partial charge on any atom is -0.393 e. The van der Waals surface area contributed by atoms with E-state index < -0.39 is 90.7 Å². The molecule has 3 amide bonds. The molecule has 1 aliphatic heterocycles. The lowest BCUT2D eigenvalue weighted by molar-refractivity contribution is -0.138. The summed E-state index contributed by atoms with van der Waals surface area (Å²) in [5, 5.41) is 42.2. The first-order valence-corrected chi connectivity index (χ1v) is 29.3. The lowest BCUT2D eigenvalue weighted by Crippen LogP contribution is -2.45. The number of sulfone groups is 1. The predicted molar refractivity (Wildman–Crippen MR) is 307 cm³/mol. The van der Waals surface area contributed by atoms with Crippen molar-refractivity contribution in [1.82, 2.24) is 10.3 Å². The van der Waals surface area contributed by atoms with E-state index in [1.165, 1.54) is 93.8 Å². The highest BCUT2D eigenvalue weighted by molar-refractivity contribution is 7.91. The zero-order valence-corrected chi connectivity index (χ0v) is 48.7. The van der Waals surface area contributed by atoms with Crippen molar-refractivity contribution in [3.8, 4) is 12.1 Å². The highest BCUT2D eigenvalue weighted by atomic mass is 32.2. The van der Waals surface area contributed by atoms with Gasteiger partial charge in [0.15, 0.2) is 20.6 Å². The molecule has 0 bridgehead atoms. The van der Waals surface area contributed by atoms with Crippen molar-refractivity contribution in [2.24, 2.45) is 29.1 Å². The van der Waals surface area contributed by atoms with E-state index in [0.29, 0.717) is 17.5 Å². The smallest absolute Gasteiger partial charge is 0.393 e. The molecule has 0 spiro atoms. The van der Waals surface area contributed by atoms with Crippen LogP contribution in [0.3, 0.4) is 0 Å². The fourth-order valence-corrected chi connectivity index (χ4v) is 14.7. The number of rotatable bonds is 9. The highest BCUT2D eigenvalue weighted by Gasteiger charge is 2.54. The van der Waals surface area contributed by atoms with Crippen molar-refractivity contribution in [3.05, 3.63) is 166 Å². The number of nitrogens with zero attached hydrogens (tertiary/aromatic N) is 5. The molecule has 5 aliphatic rings. The van der Waals surface area contributed by atoms with Crippen LogP contribution in [-0.4, -0.2) is 76.5 Å². The molecular weight excluding hydrogens is 1170 g/mol. The molecule has 4 aliphatic carbocycles. The minimum absolute atomic E-state index is 0.0850. The van der Waals surface area contributed by atoms with E-state index in [2.05, 4.69) is 41.5 Å². The number of aromatic nitrogens is 1. The number of anilines is 3. The number of nitriles is 2. The number of hydrogen-bond donors (Lipinski definition) is 4. The second kappa shape index (κ2) is 24.5. The normalized spacial score (nSPS) is 23.0. The maximum Gasteiger partial charge on any atom is 0.417 e. The van der Waals surface area contributed by atoms with Crippen molar-refractivity contribution in [2.75, 3.05) is 27.9 Å². The Morgan fingerprint density at radius 3 is 2.08 bits per heavy atom. The van der Waals surface area contributed by atoms with Gasteiger partial charge in [0.25, 0.3) is 17.7 Å². The van der Waals surface area contributed by atoms with Crippen LogP contribution in [-0.2, 0) is 31.8 Å². The van der Waals surface area contributed by atoms with Crippen molar-refractivity contribution in [3.63, 3.8) is 0 Å². The van der Waals surface area contributed by atoms with Crippen molar-refractivity contribution < 1.29 is 68.1 Å². The van der Waals surface area contributed by atoms with Crippen LogP contribution in [0.4, 0.5) is 52.2 Å². The predicted octanol–water partition coefficient (Wildman–Crippen LogP) is 11.9. The third kappa shape index (κ3) is 12.9. The van der Waals surface area contributed by atoms with Gasteiger partial charge in [-0.05, 0) is 203 Å². The second-order valence-electron chi connectivity index (χ2n) is 22.8. The summed E-state index contributed by atoms with van der Waals surface area (Å²) in [6.07, 6.45) is 7.49. The number of halogens is 8. The second-order valence-corrected chi connectivity index (χ2v) is 25.1. The van der Waals surface area contributed by atoms with Gasteiger partial charge in [0.05, 0.1) is 62.4 Å². The zero-order valence-electron chi connectivity index (χ0n) is 47.0. The fourth-order valence-electron chi connectivity index (χ4n) is 12.6. The van der Waals surface area contributed by atoms with Gasteiger partial charge in [-0.2, -0.15) is 36.9 Å². The Morgan fingerprint density at radius 1 is 0.837 bits per heavy atom. The quantitative estimate of drug-likeness (QED) is 0.0469. The van der Waals surface area contributed by atoms with E-state index in [1.807, 2.05) is 17.7 Å². The molecule has 24 heteroatoms. The SMILES string of the molecule is CC(O)(CS(=O)(=O)c1ccc(F)cc1)C(=O)Nc1ccc(C#N)c(C(F)(F)F)c1.CNC(=O)c1ccc(N2C(=S)N(c3ccc(C#N)c(C(F)(F)F)c3)C(=O)C2(C)C)cc1F.C[C@]12CC[C@@H]3C4CC[C@H](O)CC4=CC[C@H]3[C@@H]1CC=C2c1cccnc1. The lowest BCUT2D eigenvalue weighted by Gasteiger charge is -2.53. The summed E-state index contributed by atoms with van der Waals surface area (Å²) in [5.41, 5.74) is -3.49. The van der Waals surface area contributed by atoms with Crippen molar-refractivity contribution in [1.29, 1.82) is 10.5 Å². The van der Waals surface area contributed by atoms with E-state index in [9.17, 15) is 68.1 Å². The molecule has 86 heavy (non-hydrogen) atoms. The summed E-state index contributed by atoms with van der Waals surface area (Å²) in [6.45, 7) is 6.36. The number of carbonyl (C=O) groups is 3. The number of fused-ring (bicyclic) bond motifs is 5. The van der Waals surface area contributed by atoms with Crippen LogP contribution in [0.15, 0.2) is 126 Å². The third-order valence-electron chi connectivity index (χ3n) is 16.8. The number of amides is 3. The van der Waals surface area contributed by atoms with E-state index in [0.717, 1.165) is 96.9 Å². The Morgan fingerprint density at radius 2 is 1.48 bits per heavy atom. The summed E-state index contributed by atoms with van der Waals surface area (Å²) < 4.78 is 131. The molecule has 452 valence electrons. The van der Waals surface area contributed by atoms with Gasteiger partial charge in [-0.15, -0.1) is 0 Å². The Bertz CT molecular complexity index is 3750. The number of carbonyl (C=O) groups excluding carboxylic acids is 3. The van der Waals surface area contributed by atoms with Crippen LogP contribution in [0.2, 0.25) is 0 Å². The Balaban J connectivity index is 0.000000169. The monoisotopic (exact) mass is 1230 g/mol. The molecule has 1 aromatic heterocycles. The Hall–Kier alpha value is -7.90. The average molecular weight is 1230 g/mol. The molecular formula is C62H59F8N7O7S2. The van der Waals surface area contributed by atoms with E-state index in [1.54, 1.807) is 11.1 Å². The number of nitrogens with one attached hydrogen (secondary N) is 2. The molecule has 1 saturated heterocycles. The zero-order chi connectivity index (χ0) is 63.1. The van der Waals surface area contributed by atoms with Crippen LogP contribution >= 0.6 is 12.2 Å². The molecule has 7 atom stereocenters. The number of aliphatic hydroxyl groups excluding tert-OH is 1. The molecule has 14 nitrogen and oxygen atoms in total. The molecule has 5 aromatic rings. The van der Waals surface area contributed by atoms with E-state index in [4.69, 9.17) is 22.7 Å². The molecule has 10 rings (SSSR count). The molecule has 3 fully saturated rings. The number of pyridine rings is 1. The molecule has 4 aromatic carbocycles. The van der Waals surface area contributed by atoms with Crippen LogP contribution < -0.4 is 20.4 Å². The summed E-state index contributed by atoms with van der Waals surface area (Å²) in [5.74, 6) is -1.98. The maximum atomic E-state index is 14.5. The van der Waals surface area contributed by atoms with Gasteiger partial charge in [0, 0.05) is 30.8 Å². The first-order chi connectivity index (χ1) is 40.3. The van der Waals surface area contributed by atoms with Crippen LogP contribution in [0.5, 0.6) is 0 Å². The average Bonchev–Trinajstić information content (AvgIpc) is 1.53. The van der Waals surface area contributed by atoms with Crippen LogP contribution in [0.25, 0.3) is 5.57 Å². The molecule has 0 radical (unpaired) electrons. The Kier molecular flexibility index (Phi) is 18.2. The van der Waals surface area contributed by atoms with Gasteiger partial charge in [-0.1, -0.05) is 30.7 Å². The number of hydrogen-bond acceptors (Lipinski definition) is 11. The first-order valence-electron chi connectivity index (χ1n) is 27.2. The minimum atomic E-state index is -4.86. The largest absolute Gasteiger partial charge is 0.417 e. The van der Waals surface area contributed by atoms with Gasteiger partial charge in [0.1, 0.15) is 17.2 Å². The number of allylic oxidation sites excluding steroid dienone is 3. The first kappa shape index (κ1) is 64.1. The van der Waals surface area contributed by atoms with Crippen LogP contribution in [0.1, 0.15) is 111 Å². The topological polar surface area (TPSA) is 217 Å². The van der Waals surface area contributed by atoms with E-state index >= 15 is 0 Å². The fraction of sp³-hybridized carbons (Fsp3) is 0.371. The van der Waals surface area contributed by atoms with Gasteiger partial charge in [0.2, 0.25) is 0 Å². The number of aliphatic hydroxyl groups is 2. The number of alkyl halides is 6. The summed E-state index contributed by atoms with van der Waals surface area (Å²) >= 11 is 5.38. The number of thiocarbonyl (C=S) groups is 1. The molecule has 2 unspecified atom stereocenters. The van der Waals surface area contributed by atoms with Crippen molar-refractivity contribution >= 4 is 67.5 Å². The summed E-state index contributed by atoms with van der Waals surface area (Å²) in [6, 6.07) is 19.6. The standard InChI is InChI=1S/C23H29NO.C21H16F4N4O2S.C18H14F4N2O4S/c1-23-11-10-19-18-7-5-17(25)13-15(18)4-6-20(19)22(23)9-8-21(23)16-3-2-12-24-14-16;1-20(2)18(31)28(12-5-4-11(10-26)15(8-12)21(23,24)25)19(32)29(20)13-6-7-14(16(22)9-13)17(30)27-3;1-17(26,10-29(27,28)14-6-3-12(19)4-7-14)16(25)24-13-5-2-11(9-23)15(8-13)18(20,21)22/h2-4,8,12,14,17-20,22,25H,5-7,9-11,13H2,1H3;4-9H,1-3H3,(H,27,30);2-8,26H,10H2,1H3,(H,24,25)/t17-,18?,19+,20+,22-,23+;;/m0../s1. The summed E-state index contributed by atoms with van der Waals surface area (Å²) in [4.78, 5) is 43.4. The summed E-state index contributed by atoms with van der Waals surface area (Å²) in [7, 11) is -2.87. The van der Waals surface area contributed by atoms with Gasteiger partial charge in [-0.3, -0.25) is 24.3 Å².